The first-order valence-corrected chi connectivity index (χ1v) is 9.22. The Labute approximate surface area is 131 Å². The van der Waals surface area contributed by atoms with E-state index in [0.717, 1.165) is 45.1 Å². The van der Waals surface area contributed by atoms with Crippen LogP contribution in [-0.4, -0.2) is 39.9 Å². The fourth-order valence-electron chi connectivity index (χ4n) is 3.58. The average molecular weight is 307 g/mol. The van der Waals surface area contributed by atoms with Crippen molar-refractivity contribution in [2.45, 2.75) is 50.2 Å². The Bertz CT molecular complexity index is 428. The van der Waals surface area contributed by atoms with Crippen molar-refractivity contribution in [3.63, 3.8) is 0 Å². The Morgan fingerprint density at radius 1 is 1.43 bits per heavy atom. The summed E-state index contributed by atoms with van der Waals surface area (Å²) in [6.07, 6.45) is 9.59. The fraction of sp³-hybridized carbons (Fsp3) is 0.706. The highest BCUT2D eigenvalue weighted by Gasteiger charge is 2.40. The van der Waals surface area contributed by atoms with Crippen LogP contribution in [-0.2, 0) is 11.2 Å². The molecule has 0 amide bonds. The third-order valence-electron chi connectivity index (χ3n) is 4.93. The lowest BCUT2D eigenvalue weighted by Gasteiger charge is -2.44. The van der Waals surface area contributed by atoms with E-state index in [1.807, 2.05) is 24.0 Å². The number of aliphatic hydroxyl groups excluding tert-OH is 1. The van der Waals surface area contributed by atoms with Crippen LogP contribution < -0.4 is 0 Å². The lowest BCUT2D eigenvalue weighted by atomic mass is 9.78. The zero-order valence-electron chi connectivity index (χ0n) is 12.5. The highest BCUT2D eigenvalue weighted by Crippen LogP contribution is 2.41. The molecule has 1 spiro atoms. The van der Waals surface area contributed by atoms with Crippen molar-refractivity contribution in [1.29, 1.82) is 0 Å². The van der Waals surface area contributed by atoms with Gasteiger partial charge in [-0.2, -0.15) is 11.8 Å². The second-order valence-electron chi connectivity index (χ2n) is 6.36. The van der Waals surface area contributed by atoms with Gasteiger partial charge in [0.05, 0.1) is 11.7 Å². The summed E-state index contributed by atoms with van der Waals surface area (Å²) in [5.41, 5.74) is 1.29. The number of thioether (sulfide) groups is 1. The number of aryl methyl sites for hydroxylation is 1. The first kappa shape index (κ1) is 15.3. The van der Waals surface area contributed by atoms with Crippen LogP contribution in [0.25, 0.3) is 0 Å². The second kappa shape index (κ2) is 7.12. The molecule has 2 aliphatic heterocycles. The summed E-state index contributed by atoms with van der Waals surface area (Å²) in [7, 11) is 0. The van der Waals surface area contributed by atoms with Crippen LogP contribution in [0.15, 0.2) is 24.5 Å². The third kappa shape index (κ3) is 3.99. The maximum atomic E-state index is 10.6. The smallest absolute Gasteiger partial charge is 0.0701 e. The van der Waals surface area contributed by atoms with Crippen LogP contribution in [0.3, 0.4) is 0 Å². The molecule has 2 aliphatic rings. The molecule has 1 N–H and O–H groups in total. The Hall–Kier alpha value is -0.580. The summed E-state index contributed by atoms with van der Waals surface area (Å²) in [5, 5.41) is 10.6. The zero-order valence-corrected chi connectivity index (χ0v) is 13.4. The van der Waals surface area contributed by atoms with Gasteiger partial charge in [0.2, 0.25) is 0 Å². The number of rotatable bonds is 4. The molecule has 0 saturated carbocycles. The number of aromatic nitrogens is 1. The van der Waals surface area contributed by atoms with E-state index in [4.69, 9.17) is 4.74 Å². The molecule has 3 rings (SSSR count). The lowest BCUT2D eigenvalue weighted by Crippen LogP contribution is -2.45. The third-order valence-corrected chi connectivity index (χ3v) is 5.92. The van der Waals surface area contributed by atoms with Gasteiger partial charge in [0, 0.05) is 19.0 Å². The number of hydrogen-bond donors (Lipinski definition) is 1. The quantitative estimate of drug-likeness (QED) is 0.928. The minimum Gasteiger partial charge on any atom is -0.393 e. The van der Waals surface area contributed by atoms with Gasteiger partial charge in [0.25, 0.3) is 0 Å². The zero-order chi connectivity index (χ0) is 14.5. The SMILES string of the molecule is OC(CCc1cccnc1)C1CCOC2(CCSCC2)C1. The first-order chi connectivity index (χ1) is 10.3. The van der Waals surface area contributed by atoms with Crippen molar-refractivity contribution in [3.05, 3.63) is 30.1 Å². The predicted molar refractivity (Wildman–Crippen MR) is 86.5 cm³/mol. The fourth-order valence-corrected chi connectivity index (χ4v) is 4.82. The standard InChI is InChI=1S/C17H25NO2S/c19-16(4-3-14-2-1-8-18-13-14)15-5-9-20-17(12-15)6-10-21-11-7-17/h1-2,8,13,15-16,19H,3-7,9-12H2. The van der Waals surface area contributed by atoms with Gasteiger partial charge in [0.1, 0.15) is 0 Å². The van der Waals surface area contributed by atoms with Crippen molar-refractivity contribution in [3.8, 4) is 0 Å². The molecular formula is C17H25NO2S. The second-order valence-corrected chi connectivity index (χ2v) is 7.59. The minimum atomic E-state index is -0.208. The normalized spacial score (nSPS) is 26.6. The van der Waals surface area contributed by atoms with E-state index in [1.54, 1.807) is 6.20 Å². The number of pyridine rings is 1. The van der Waals surface area contributed by atoms with Crippen molar-refractivity contribution >= 4 is 11.8 Å². The van der Waals surface area contributed by atoms with Gasteiger partial charge in [-0.3, -0.25) is 4.98 Å². The Balaban J connectivity index is 1.53. The molecule has 2 unspecified atom stereocenters. The van der Waals surface area contributed by atoms with Gasteiger partial charge in [0.15, 0.2) is 0 Å². The molecule has 0 aromatic carbocycles. The van der Waals surface area contributed by atoms with Gasteiger partial charge in [-0.25, -0.2) is 0 Å². The molecule has 0 aliphatic carbocycles. The molecule has 2 saturated heterocycles. The van der Waals surface area contributed by atoms with Crippen molar-refractivity contribution in [2.75, 3.05) is 18.1 Å². The number of hydrogen-bond acceptors (Lipinski definition) is 4. The highest BCUT2D eigenvalue weighted by molar-refractivity contribution is 7.99. The summed E-state index contributed by atoms with van der Waals surface area (Å²) in [6.45, 7) is 0.819. The Morgan fingerprint density at radius 3 is 3.05 bits per heavy atom. The van der Waals surface area contributed by atoms with Gasteiger partial charge in [-0.05, 0) is 67.6 Å². The van der Waals surface area contributed by atoms with Crippen molar-refractivity contribution in [1.82, 2.24) is 4.98 Å². The van der Waals surface area contributed by atoms with E-state index < -0.39 is 0 Å². The monoisotopic (exact) mass is 307 g/mol. The molecule has 1 aromatic rings. The van der Waals surface area contributed by atoms with Crippen LogP contribution in [0, 0.1) is 5.92 Å². The summed E-state index contributed by atoms with van der Waals surface area (Å²) in [6, 6.07) is 4.05. The van der Waals surface area contributed by atoms with E-state index in [9.17, 15) is 5.11 Å². The maximum absolute atomic E-state index is 10.6. The molecule has 2 atom stereocenters. The molecule has 0 bridgehead atoms. The maximum Gasteiger partial charge on any atom is 0.0701 e. The number of aliphatic hydroxyl groups is 1. The van der Waals surface area contributed by atoms with Crippen LogP contribution in [0.4, 0.5) is 0 Å². The van der Waals surface area contributed by atoms with Crippen LogP contribution in [0.2, 0.25) is 0 Å². The Morgan fingerprint density at radius 2 is 2.29 bits per heavy atom. The Kier molecular flexibility index (Phi) is 5.19. The topological polar surface area (TPSA) is 42.4 Å². The number of nitrogens with zero attached hydrogens (tertiary/aromatic N) is 1. The summed E-state index contributed by atoms with van der Waals surface area (Å²) >= 11 is 2.03. The molecule has 3 nitrogen and oxygen atoms in total. The van der Waals surface area contributed by atoms with Crippen LogP contribution >= 0.6 is 11.8 Å². The molecule has 2 fully saturated rings. The molecule has 116 valence electrons. The van der Waals surface area contributed by atoms with E-state index >= 15 is 0 Å². The minimum absolute atomic E-state index is 0.0729. The predicted octanol–water partition coefficient (Wildman–Crippen LogP) is 3.07. The van der Waals surface area contributed by atoms with Gasteiger partial charge in [-0.15, -0.1) is 0 Å². The first-order valence-electron chi connectivity index (χ1n) is 8.06. The van der Waals surface area contributed by atoms with Crippen molar-refractivity contribution in [2.24, 2.45) is 5.92 Å². The van der Waals surface area contributed by atoms with E-state index in [-0.39, 0.29) is 11.7 Å². The van der Waals surface area contributed by atoms with Crippen molar-refractivity contribution < 1.29 is 9.84 Å². The van der Waals surface area contributed by atoms with E-state index in [1.165, 1.54) is 17.1 Å². The summed E-state index contributed by atoms with van der Waals surface area (Å²) in [5.74, 6) is 2.82. The van der Waals surface area contributed by atoms with Crippen LogP contribution in [0.1, 0.15) is 37.7 Å². The van der Waals surface area contributed by atoms with Gasteiger partial charge in [-0.1, -0.05) is 6.07 Å². The lowest BCUT2D eigenvalue weighted by molar-refractivity contribution is -0.121. The van der Waals surface area contributed by atoms with Gasteiger partial charge >= 0.3 is 0 Å². The summed E-state index contributed by atoms with van der Waals surface area (Å²) < 4.78 is 6.12. The number of ether oxygens (including phenoxy) is 1. The van der Waals surface area contributed by atoms with Crippen LogP contribution in [0.5, 0.6) is 0 Å². The molecule has 4 heteroatoms. The molecule has 21 heavy (non-hydrogen) atoms. The molecular weight excluding hydrogens is 282 g/mol. The average Bonchev–Trinajstić information content (AvgIpc) is 2.54. The highest BCUT2D eigenvalue weighted by atomic mass is 32.2. The largest absolute Gasteiger partial charge is 0.393 e. The summed E-state index contributed by atoms with van der Waals surface area (Å²) in [4.78, 5) is 4.14. The molecule has 3 heterocycles. The van der Waals surface area contributed by atoms with Gasteiger partial charge < -0.3 is 9.84 Å². The molecule has 1 aromatic heterocycles. The van der Waals surface area contributed by atoms with E-state index in [0.29, 0.717) is 5.92 Å². The molecule has 0 radical (unpaired) electrons. The van der Waals surface area contributed by atoms with E-state index in [2.05, 4.69) is 11.1 Å².